The Morgan fingerprint density at radius 1 is 0.972 bits per heavy atom. The van der Waals surface area contributed by atoms with E-state index in [-0.39, 0.29) is 29.1 Å². The third-order valence-electron chi connectivity index (χ3n) is 4.90. The van der Waals surface area contributed by atoms with Gasteiger partial charge in [0.05, 0.1) is 12.0 Å². The van der Waals surface area contributed by atoms with Crippen molar-refractivity contribution in [2.45, 2.75) is 11.5 Å². The molecule has 0 aliphatic heterocycles. The molecular formula is C25H21ClN4O5S. The number of anilines is 2. The summed E-state index contributed by atoms with van der Waals surface area (Å²) in [6.45, 7) is 0.263. The fourth-order valence-corrected chi connectivity index (χ4v) is 4.33. The molecule has 0 saturated carbocycles. The van der Waals surface area contributed by atoms with Crippen molar-refractivity contribution >= 4 is 39.0 Å². The molecule has 0 bridgehead atoms. The van der Waals surface area contributed by atoms with Crippen LogP contribution in [0.4, 0.5) is 11.5 Å². The zero-order valence-corrected chi connectivity index (χ0v) is 20.6. The van der Waals surface area contributed by atoms with Gasteiger partial charge in [0.15, 0.2) is 0 Å². The largest absolute Gasteiger partial charge is 0.489 e. The van der Waals surface area contributed by atoms with Crippen LogP contribution in [0.2, 0.25) is 5.02 Å². The summed E-state index contributed by atoms with van der Waals surface area (Å²) < 4.78 is 38.4. The van der Waals surface area contributed by atoms with Crippen LogP contribution in [0.1, 0.15) is 15.9 Å². The maximum atomic E-state index is 12.7. The van der Waals surface area contributed by atoms with Crippen molar-refractivity contribution in [1.29, 1.82) is 0 Å². The zero-order chi connectivity index (χ0) is 25.5. The Labute approximate surface area is 213 Å². The summed E-state index contributed by atoms with van der Waals surface area (Å²) in [6.07, 6.45) is 1.19. The Morgan fingerprint density at radius 2 is 1.75 bits per heavy atom. The molecule has 1 amide bonds. The number of aromatic nitrogens is 2. The molecule has 0 spiro atoms. The summed E-state index contributed by atoms with van der Waals surface area (Å²) in [5.41, 5.74) is 1.66. The van der Waals surface area contributed by atoms with Crippen LogP contribution in [-0.4, -0.2) is 31.4 Å². The number of amides is 1. The van der Waals surface area contributed by atoms with E-state index in [0.717, 1.165) is 5.56 Å². The van der Waals surface area contributed by atoms with Crippen LogP contribution in [0.15, 0.2) is 90.1 Å². The number of sulfonamides is 1. The first kappa shape index (κ1) is 25.0. The number of hydrogen-bond acceptors (Lipinski definition) is 7. The number of halogens is 1. The molecular weight excluding hydrogens is 504 g/mol. The maximum absolute atomic E-state index is 12.7. The second-order valence-electron chi connectivity index (χ2n) is 7.48. The number of carbonyl (C=O) groups is 1. The van der Waals surface area contributed by atoms with Gasteiger partial charge in [-0.3, -0.25) is 9.52 Å². The lowest BCUT2D eigenvalue weighted by molar-refractivity contribution is 0.102. The van der Waals surface area contributed by atoms with E-state index in [1.54, 1.807) is 42.5 Å². The van der Waals surface area contributed by atoms with E-state index in [9.17, 15) is 13.2 Å². The molecule has 11 heteroatoms. The Balaban J connectivity index is 1.39. The molecule has 2 N–H and O–H groups in total. The summed E-state index contributed by atoms with van der Waals surface area (Å²) >= 11 is 5.97. The molecule has 36 heavy (non-hydrogen) atoms. The van der Waals surface area contributed by atoms with Gasteiger partial charge in [0.2, 0.25) is 5.88 Å². The number of nitrogens with one attached hydrogen (secondary N) is 2. The summed E-state index contributed by atoms with van der Waals surface area (Å²) in [6, 6.07) is 21.2. The number of carbonyl (C=O) groups excluding carboxylic acids is 1. The van der Waals surface area contributed by atoms with Crippen LogP contribution in [-0.2, 0) is 16.6 Å². The van der Waals surface area contributed by atoms with Crippen LogP contribution in [0.25, 0.3) is 0 Å². The highest BCUT2D eigenvalue weighted by Gasteiger charge is 2.16. The van der Waals surface area contributed by atoms with Crippen LogP contribution in [0.3, 0.4) is 0 Å². The smallest absolute Gasteiger partial charge is 0.263 e. The van der Waals surface area contributed by atoms with Gasteiger partial charge in [-0.15, -0.1) is 0 Å². The monoisotopic (exact) mass is 524 g/mol. The van der Waals surface area contributed by atoms with Crippen molar-refractivity contribution < 1.29 is 22.7 Å². The van der Waals surface area contributed by atoms with E-state index in [1.807, 2.05) is 6.07 Å². The molecule has 0 saturated heterocycles. The van der Waals surface area contributed by atoms with Crippen molar-refractivity contribution in [2.24, 2.45) is 0 Å². The maximum Gasteiger partial charge on any atom is 0.263 e. The molecule has 0 aliphatic rings. The number of nitrogens with zero attached hydrogens (tertiary/aromatic N) is 2. The molecule has 3 aromatic carbocycles. The van der Waals surface area contributed by atoms with Gasteiger partial charge in [0.25, 0.3) is 15.9 Å². The first-order valence-electron chi connectivity index (χ1n) is 10.6. The fourth-order valence-electron chi connectivity index (χ4n) is 3.15. The van der Waals surface area contributed by atoms with E-state index in [1.165, 1.54) is 43.8 Å². The molecule has 4 aromatic rings. The molecule has 1 heterocycles. The average molecular weight is 525 g/mol. The summed E-state index contributed by atoms with van der Waals surface area (Å²) in [5, 5.41) is 3.33. The number of methoxy groups -OCH3 is 1. The first-order valence-corrected chi connectivity index (χ1v) is 12.5. The lowest BCUT2D eigenvalue weighted by Gasteiger charge is -2.10. The SMILES string of the molecule is COc1cc(NS(=O)(=O)c2ccc(NC(=O)c3cccc(COc4cccc(Cl)c4)c3)cc2)ncn1. The highest BCUT2D eigenvalue weighted by molar-refractivity contribution is 7.92. The van der Waals surface area contributed by atoms with Crippen LogP contribution in [0, 0.1) is 0 Å². The standard InChI is InChI=1S/C25H21ClN4O5S/c1-34-24-14-23(27-16-28-24)30-36(32,33)22-10-8-20(9-11-22)29-25(31)18-5-2-4-17(12-18)15-35-21-7-3-6-19(26)13-21/h2-14,16H,15H2,1H3,(H,29,31)(H,27,28,30). The molecule has 9 nitrogen and oxygen atoms in total. The van der Waals surface area contributed by atoms with E-state index in [4.69, 9.17) is 21.1 Å². The number of benzene rings is 3. The number of hydrogen-bond donors (Lipinski definition) is 2. The minimum absolute atomic E-state index is 0.00163. The van der Waals surface area contributed by atoms with Gasteiger partial charge in [0, 0.05) is 22.3 Å². The van der Waals surface area contributed by atoms with E-state index >= 15 is 0 Å². The number of ether oxygens (including phenoxy) is 2. The molecule has 0 radical (unpaired) electrons. The van der Waals surface area contributed by atoms with E-state index < -0.39 is 10.0 Å². The Morgan fingerprint density at radius 3 is 2.50 bits per heavy atom. The summed E-state index contributed by atoms with van der Waals surface area (Å²) in [5.74, 6) is 0.571. The zero-order valence-electron chi connectivity index (χ0n) is 19.0. The van der Waals surface area contributed by atoms with Crippen molar-refractivity contribution in [1.82, 2.24) is 9.97 Å². The van der Waals surface area contributed by atoms with E-state index in [0.29, 0.717) is 22.0 Å². The highest BCUT2D eigenvalue weighted by atomic mass is 35.5. The van der Waals surface area contributed by atoms with Gasteiger partial charge < -0.3 is 14.8 Å². The second-order valence-corrected chi connectivity index (χ2v) is 9.59. The molecule has 1 aromatic heterocycles. The van der Waals surface area contributed by atoms with Crippen molar-refractivity contribution in [3.8, 4) is 11.6 Å². The molecule has 4 rings (SSSR count). The van der Waals surface area contributed by atoms with Crippen molar-refractivity contribution in [3.63, 3.8) is 0 Å². The normalized spacial score (nSPS) is 10.9. The van der Waals surface area contributed by atoms with Crippen molar-refractivity contribution in [2.75, 3.05) is 17.1 Å². The summed E-state index contributed by atoms with van der Waals surface area (Å²) in [4.78, 5) is 20.5. The predicted molar refractivity (Wildman–Crippen MR) is 136 cm³/mol. The minimum atomic E-state index is -3.90. The Bertz CT molecular complexity index is 1480. The molecule has 0 aliphatic carbocycles. The third-order valence-corrected chi connectivity index (χ3v) is 6.51. The fraction of sp³-hybridized carbons (Fsp3) is 0.0800. The average Bonchev–Trinajstić information content (AvgIpc) is 2.88. The van der Waals surface area contributed by atoms with Gasteiger partial charge in [0.1, 0.15) is 24.5 Å². The van der Waals surface area contributed by atoms with Gasteiger partial charge >= 0.3 is 0 Å². The van der Waals surface area contributed by atoms with E-state index in [2.05, 4.69) is 20.0 Å². The summed E-state index contributed by atoms with van der Waals surface area (Å²) in [7, 11) is -2.49. The molecule has 0 unspecified atom stereocenters. The van der Waals surface area contributed by atoms with Gasteiger partial charge in [-0.05, 0) is 60.2 Å². The second kappa shape index (κ2) is 11.1. The van der Waals surface area contributed by atoms with Crippen molar-refractivity contribution in [3.05, 3.63) is 101 Å². The van der Waals surface area contributed by atoms with Gasteiger partial charge in [-0.1, -0.05) is 29.8 Å². The highest BCUT2D eigenvalue weighted by Crippen LogP contribution is 2.21. The Kier molecular flexibility index (Phi) is 7.67. The number of rotatable bonds is 9. The lowest BCUT2D eigenvalue weighted by atomic mass is 10.1. The third kappa shape index (κ3) is 6.49. The predicted octanol–water partition coefficient (Wildman–Crippen LogP) is 4.77. The van der Waals surface area contributed by atoms with Gasteiger partial charge in [-0.25, -0.2) is 18.4 Å². The Hall–Kier alpha value is -4.15. The molecule has 0 atom stereocenters. The van der Waals surface area contributed by atoms with Gasteiger partial charge in [-0.2, -0.15) is 0 Å². The molecule has 0 fully saturated rings. The molecule has 184 valence electrons. The van der Waals surface area contributed by atoms with Crippen LogP contribution >= 0.6 is 11.6 Å². The minimum Gasteiger partial charge on any atom is -0.489 e. The lowest BCUT2D eigenvalue weighted by Crippen LogP contribution is -2.15. The quantitative estimate of drug-likeness (QED) is 0.323. The topological polar surface area (TPSA) is 120 Å². The van der Waals surface area contributed by atoms with Crippen LogP contribution < -0.4 is 19.5 Å². The van der Waals surface area contributed by atoms with Crippen LogP contribution in [0.5, 0.6) is 11.6 Å². The first-order chi connectivity index (χ1) is 17.3.